The van der Waals surface area contributed by atoms with Crippen molar-refractivity contribution in [3.8, 4) is 0 Å². The van der Waals surface area contributed by atoms with Gasteiger partial charge < -0.3 is 4.74 Å². The van der Waals surface area contributed by atoms with E-state index in [1.54, 1.807) is 18.5 Å². The van der Waals surface area contributed by atoms with E-state index < -0.39 is 4.92 Å². The van der Waals surface area contributed by atoms with E-state index in [9.17, 15) is 14.9 Å². The Morgan fingerprint density at radius 2 is 2.25 bits per heavy atom. The predicted molar refractivity (Wildman–Crippen MR) is 75.8 cm³/mol. The number of methoxy groups -OCH3 is 1. The molecule has 0 amide bonds. The molecular formula is C12H19N3O4S. The summed E-state index contributed by atoms with van der Waals surface area (Å²) in [6.45, 7) is 5.95. The Morgan fingerprint density at radius 3 is 2.75 bits per heavy atom. The zero-order valence-electron chi connectivity index (χ0n) is 12.1. The molecule has 1 heterocycles. The number of hydrogen-bond acceptors (Lipinski definition) is 6. The van der Waals surface area contributed by atoms with Crippen LogP contribution in [0.15, 0.2) is 5.03 Å². The molecule has 0 aliphatic heterocycles. The van der Waals surface area contributed by atoms with Gasteiger partial charge in [-0.25, -0.2) is 0 Å². The minimum absolute atomic E-state index is 0.0283. The van der Waals surface area contributed by atoms with Gasteiger partial charge in [-0.2, -0.15) is 5.10 Å². The molecule has 1 atom stereocenters. The summed E-state index contributed by atoms with van der Waals surface area (Å²) in [4.78, 5) is 22.1. The molecule has 1 rings (SSSR count). The van der Waals surface area contributed by atoms with Crippen LogP contribution in [0.25, 0.3) is 0 Å². The first-order valence-electron chi connectivity index (χ1n) is 6.34. The highest BCUT2D eigenvalue weighted by Gasteiger charge is 2.26. The van der Waals surface area contributed by atoms with Crippen molar-refractivity contribution in [2.75, 3.05) is 12.9 Å². The van der Waals surface area contributed by atoms with E-state index in [0.717, 1.165) is 6.42 Å². The third kappa shape index (κ3) is 3.72. The third-order valence-electron chi connectivity index (χ3n) is 2.74. The number of hydrogen-bond donors (Lipinski definition) is 0. The quantitative estimate of drug-likeness (QED) is 0.332. The largest absolute Gasteiger partial charge is 0.469 e. The molecule has 1 aromatic rings. The van der Waals surface area contributed by atoms with Gasteiger partial charge in [0.15, 0.2) is 5.03 Å². The van der Waals surface area contributed by atoms with E-state index in [0.29, 0.717) is 23.0 Å². The Bertz CT molecular complexity index is 501. The van der Waals surface area contributed by atoms with Crippen LogP contribution < -0.4 is 0 Å². The van der Waals surface area contributed by atoms with Crippen molar-refractivity contribution < 1.29 is 14.5 Å². The van der Waals surface area contributed by atoms with Crippen LogP contribution in [0.5, 0.6) is 0 Å². The topological polar surface area (TPSA) is 87.3 Å². The number of nitrogens with zero attached hydrogens (tertiary/aromatic N) is 3. The van der Waals surface area contributed by atoms with Crippen molar-refractivity contribution in [2.45, 2.75) is 38.8 Å². The number of thioether (sulfide) groups is 1. The average molecular weight is 301 g/mol. The zero-order chi connectivity index (χ0) is 15.3. The summed E-state index contributed by atoms with van der Waals surface area (Å²) < 4.78 is 6.29. The fourth-order valence-electron chi connectivity index (χ4n) is 1.74. The second kappa shape index (κ2) is 7.28. The van der Waals surface area contributed by atoms with Crippen molar-refractivity contribution in [2.24, 2.45) is 5.92 Å². The Morgan fingerprint density at radius 1 is 1.60 bits per heavy atom. The lowest BCUT2D eigenvalue weighted by Crippen LogP contribution is -2.15. The standard InChI is InChI=1S/C12H19N3O4S/c1-5-6-14-11(10(15(17)18)9(3)13-14)20-7-8(2)12(16)19-4/h8H,5-7H2,1-4H3. The molecule has 8 heteroatoms. The minimum Gasteiger partial charge on any atom is -0.469 e. The summed E-state index contributed by atoms with van der Waals surface area (Å²) >= 11 is 1.27. The van der Waals surface area contributed by atoms with Gasteiger partial charge in [-0.05, 0) is 13.3 Å². The van der Waals surface area contributed by atoms with Gasteiger partial charge in [0.2, 0.25) is 0 Å². The van der Waals surface area contributed by atoms with Crippen LogP contribution in [-0.2, 0) is 16.1 Å². The molecule has 0 N–H and O–H groups in total. The molecule has 20 heavy (non-hydrogen) atoms. The maximum atomic E-state index is 11.4. The minimum atomic E-state index is -0.417. The molecule has 0 aromatic carbocycles. The number of aryl methyl sites for hydroxylation is 2. The summed E-state index contributed by atoms with van der Waals surface area (Å²) in [7, 11) is 1.33. The van der Waals surface area contributed by atoms with Crippen molar-refractivity contribution >= 4 is 23.4 Å². The van der Waals surface area contributed by atoms with E-state index in [1.165, 1.54) is 18.9 Å². The lowest BCUT2D eigenvalue weighted by atomic mass is 10.2. The number of rotatable bonds is 7. The molecule has 0 saturated heterocycles. The number of ether oxygens (including phenoxy) is 1. The van der Waals surface area contributed by atoms with Crippen molar-refractivity contribution in [3.05, 3.63) is 15.8 Å². The zero-order valence-corrected chi connectivity index (χ0v) is 12.9. The maximum absolute atomic E-state index is 11.4. The molecule has 112 valence electrons. The molecule has 0 saturated carbocycles. The van der Waals surface area contributed by atoms with Gasteiger partial charge in [0, 0.05) is 12.3 Å². The molecule has 0 radical (unpaired) electrons. The molecule has 0 aliphatic carbocycles. The van der Waals surface area contributed by atoms with E-state index >= 15 is 0 Å². The molecular weight excluding hydrogens is 282 g/mol. The average Bonchev–Trinajstić information content (AvgIpc) is 2.71. The number of nitro groups is 1. The summed E-state index contributed by atoms with van der Waals surface area (Å²) in [5.41, 5.74) is 0.428. The molecule has 0 spiro atoms. The smallest absolute Gasteiger partial charge is 0.323 e. The van der Waals surface area contributed by atoms with Crippen LogP contribution in [0.1, 0.15) is 26.0 Å². The van der Waals surface area contributed by atoms with Crippen molar-refractivity contribution in [1.29, 1.82) is 0 Å². The Labute approximate surface area is 121 Å². The van der Waals surface area contributed by atoms with Gasteiger partial charge in [-0.1, -0.05) is 25.6 Å². The van der Waals surface area contributed by atoms with Gasteiger partial charge in [-0.15, -0.1) is 0 Å². The van der Waals surface area contributed by atoms with E-state index in [1.807, 2.05) is 6.92 Å². The van der Waals surface area contributed by atoms with Crippen LogP contribution >= 0.6 is 11.8 Å². The highest BCUT2D eigenvalue weighted by atomic mass is 32.2. The van der Waals surface area contributed by atoms with Crippen LogP contribution in [0.4, 0.5) is 5.69 Å². The maximum Gasteiger partial charge on any atom is 0.323 e. The second-order valence-electron chi connectivity index (χ2n) is 4.45. The monoisotopic (exact) mass is 301 g/mol. The second-order valence-corrected chi connectivity index (χ2v) is 5.46. The summed E-state index contributed by atoms with van der Waals surface area (Å²) in [6, 6.07) is 0. The fourth-order valence-corrected chi connectivity index (χ4v) is 2.92. The van der Waals surface area contributed by atoms with Gasteiger partial charge in [0.05, 0.1) is 18.0 Å². The third-order valence-corrected chi connectivity index (χ3v) is 4.09. The Hall–Kier alpha value is -1.57. The first-order chi connectivity index (χ1) is 9.42. The number of aromatic nitrogens is 2. The lowest BCUT2D eigenvalue weighted by molar-refractivity contribution is -0.388. The molecule has 0 fully saturated rings. The van der Waals surface area contributed by atoms with Crippen LogP contribution in [0.2, 0.25) is 0 Å². The normalized spacial score (nSPS) is 12.2. The van der Waals surface area contributed by atoms with Gasteiger partial charge >= 0.3 is 11.7 Å². The highest BCUT2D eigenvalue weighted by Crippen LogP contribution is 2.33. The Balaban J connectivity index is 2.96. The van der Waals surface area contributed by atoms with Crippen LogP contribution in [0.3, 0.4) is 0 Å². The van der Waals surface area contributed by atoms with E-state index in [-0.39, 0.29) is 17.6 Å². The van der Waals surface area contributed by atoms with Gasteiger partial charge in [-0.3, -0.25) is 19.6 Å². The summed E-state index contributed by atoms with van der Waals surface area (Å²) in [6.07, 6.45) is 0.832. The number of carbonyl (C=O) groups excluding carboxylic acids is 1. The van der Waals surface area contributed by atoms with Gasteiger partial charge in [0.25, 0.3) is 0 Å². The lowest BCUT2D eigenvalue weighted by Gasteiger charge is -2.09. The summed E-state index contributed by atoms with van der Waals surface area (Å²) in [5.74, 6) is -0.226. The molecule has 0 bridgehead atoms. The van der Waals surface area contributed by atoms with Crippen LogP contribution in [-0.4, -0.2) is 33.5 Å². The predicted octanol–water partition coefficient (Wildman–Crippen LogP) is 2.41. The first kappa shape index (κ1) is 16.5. The van der Waals surface area contributed by atoms with E-state index in [4.69, 9.17) is 0 Å². The first-order valence-corrected chi connectivity index (χ1v) is 7.33. The molecule has 1 aromatic heterocycles. The summed E-state index contributed by atoms with van der Waals surface area (Å²) in [5, 5.41) is 15.8. The molecule has 7 nitrogen and oxygen atoms in total. The SMILES string of the molecule is CCCn1nc(C)c([N+](=O)[O-])c1SCC(C)C(=O)OC. The molecule has 1 unspecified atom stereocenters. The number of esters is 1. The van der Waals surface area contributed by atoms with Crippen LogP contribution in [0, 0.1) is 23.0 Å². The Kier molecular flexibility index (Phi) is 6.00. The number of carbonyl (C=O) groups is 1. The van der Waals surface area contributed by atoms with Crippen molar-refractivity contribution in [3.63, 3.8) is 0 Å². The fraction of sp³-hybridized carbons (Fsp3) is 0.667. The van der Waals surface area contributed by atoms with Crippen molar-refractivity contribution in [1.82, 2.24) is 9.78 Å². The highest BCUT2D eigenvalue weighted by molar-refractivity contribution is 7.99. The van der Waals surface area contributed by atoms with E-state index in [2.05, 4.69) is 9.84 Å². The molecule has 0 aliphatic rings. The van der Waals surface area contributed by atoms with Gasteiger partial charge in [0.1, 0.15) is 5.69 Å².